The molecule has 1 aromatic heterocycles. The van der Waals surface area contributed by atoms with Crippen LogP contribution in [0.5, 0.6) is 0 Å². The molecule has 0 fully saturated rings. The van der Waals surface area contributed by atoms with Crippen LogP contribution in [0.1, 0.15) is 0 Å². The Morgan fingerprint density at radius 1 is 1.33 bits per heavy atom. The summed E-state index contributed by atoms with van der Waals surface area (Å²) in [5, 5.41) is 10.6. The highest BCUT2D eigenvalue weighted by molar-refractivity contribution is 7.92. The average Bonchev–Trinajstić information content (AvgIpc) is 2.41. The minimum Gasteiger partial charge on any atom is -0.262 e. The molecular weight excluding hydrogens is 325 g/mol. The van der Waals surface area contributed by atoms with Gasteiger partial charge in [-0.3, -0.25) is 14.8 Å². The first-order chi connectivity index (χ1) is 9.81. The molecule has 110 valence electrons. The van der Waals surface area contributed by atoms with Crippen LogP contribution in [-0.2, 0) is 10.0 Å². The molecule has 0 aliphatic carbocycles. The fourth-order valence-electron chi connectivity index (χ4n) is 1.45. The van der Waals surface area contributed by atoms with Gasteiger partial charge in [-0.15, -0.1) is 0 Å². The van der Waals surface area contributed by atoms with E-state index in [1.807, 2.05) is 4.72 Å². The second kappa shape index (κ2) is 5.62. The lowest BCUT2D eigenvalue weighted by Crippen LogP contribution is -2.16. The number of nitrogens with one attached hydrogen (secondary N) is 1. The van der Waals surface area contributed by atoms with Gasteiger partial charge in [-0.05, 0) is 18.2 Å². The van der Waals surface area contributed by atoms with E-state index in [0.717, 1.165) is 6.07 Å². The number of halogens is 2. The first-order valence-corrected chi connectivity index (χ1v) is 7.24. The zero-order chi connectivity index (χ0) is 15.6. The van der Waals surface area contributed by atoms with Crippen molar-refractivity contribution in [1.29, 1.82) is 0 Å². The summed E-state index contributed by atoms with van der Waals surface area (Å²) in [7, 11) is -4.40. The fraction of sp³-hybridized carbons (Fsp3) is 0. The minimum atomic E-state index is -4.40. The number of hydrogen-bond acceptors (Lipinski definition) is 5. The van der Waals surface area contributed by atoms with Gasteiger partial charge >= 0.3 is 0 Å². The molecule has 0 bridgehead atoms. The predicted octanol–water partition coefficient (Wildman–Crippen LogP) is 2.58. The molecule has 21 heavy (non-hydrogen) atoms. The van der Waals surface area contributed by atoms with E-state index in [1.165, 1.54) is 18.3 Å². The maximum atomic E-state index is 13.6. The Labute approximate surface area is 123 Å². The van der Waals surface area contributed by atoms with Crippen molar-refractivity contribution in [3.8, 4) is 0 Å². The van der Waals surface area contributed by atoms with Gasteiger partial charge in [0.25, 0.3) is 15.7 Å². The van der Waals surface area contributed by atoms with Crippen molar-refractivity contribution >= 4 is 33.1 Å². The summed E-state index contributed by atoms with van der Waals surface area (Å²) in [6, 6.07) is 5.05. The maximum absolute atomic E-state index is 13.6. The normalized spacial score (nSPS) is 11.1. The van der Waals surface area contributed by atoms with Gasteiger partial charge < -0.3 is 0 Å². The van der Waals surface area contributed by atoms with Gasteiger partial charge in [0.15, 0.2) is 5.82 Å². The van der Waals surface area contributed by atoms with Crippen molar-refractivity contribution in [2.24, 2.45) is 0 Å². The Balaban J connectivity index is 2.47. The highest BCUT2D eigenvalue weighted by Crippen LogP contribution is 2.25. The van der Waals surface area contributed by atoms with E-state index in [9.17, 15) is 22.9 Å². The number of nitrogens with zero attached hydrogens (tertiary/aromatic N) is 2. The van der Waals surface area contributed by atoms with E-state index < -0.39 is 31.3 Å². The Morgan fingerprint density at radius 3 is 2.67 bits per heavy atom. The summed E-state index contributed by atoms with van der Waals surface area (Å²) in [5.74, 6) is -1.33. The van der Waals surface area contributed by atoms with Gasteiger partial charge in [0.1, 0.15) is 10.7 Å². The van der Waals surface area contributed by atoms with Crippen molar-refractivity contribution in [2.45, 2.75) is 4.90 Å². The van der Waals surface area contributed by atoms with Crippen molar-refractivity contribution in [1.82, 2.24) is 4.98 Å². The Morgan fingerprint density at radius 2 is 2.05 bits per heavy atom. The Kier molecular flexibility index (Phi) is 4.05. The van der Waals surface area contributed by atoms with Crippen LogP contribution in [0.25, 0.3) is 0 Å². The van der Waals surface area contributed by atoms with E-state index in [-0.39, 0.29) is 10.8 Å². The highest BCUT2D eigenvalue weighted by Gasteiger charge is 2.23. The van der Waals surface area contributed by atoms with Crippen LogP contribution >= 0.6 is 11.6 Å². The minimum absolute atomic E-state index is 0.00640. The molecule has 0 unspecified atom stereocenters. The highest BCUT2D eigenvalue weighted by atomic mass is 35.5. The molecule has 1 aromatic carbocycles. The number of nitro benzene ring substituents is 1. The Bertz CT molecular complexity index is 813. The number of aromatic nitrogens is 1. The van der Waals surface area contributed by atoms with E-state index >= 15 is 0 Å². The number of anilines is 1. The molecule has 0 spiro atoms. The molecule has 0 aliphatic heterocycles. The molecule has 10 heteroatoms. The van der Waals surface area contributed by atoms with Crippen LogP contribution < -0.4 is 4.72 Å². The summed E-state index contributed by atoms with van der Waals surface area (Å²) in [6.07, 6.45) is 1.29. The zero-order valence-corrected chi connectivity index (χ0v) is 11.7. The van der Waals surface area contributed by atoms with Gasteiger partial charge in [0.05, 0.1) is 9.95 Å². The first kappa shape index (κ1) is 15.1. The average molecular weight is 332 g/mol. The van der Waals surface area contributed by atoms with Crippen molar-refractivity contribution < 1.29 is 17.7 Å². The van der Waals surface area contributed by atoms with Crippen molar-refractivity contribution in [3.63, 3.8) is 0 Å². The van der Waals surface area contributed by atoms with Gasteiger partial charge in [0.2, 0.25) is 0 Å². The third-order valence-electron chi connectivity index (χ3n) is 2.40. The van der Waals surface area contributed by atoms with Gasteiger partial charge in [-0.1, -0.05) is 11.6 Å². The second-order valence-corrected chi connectivity index (χ2v) is 5.87. The largest absolute Gasteiger partial charge is 0.271 e. The van der Waals surface area contributed by atoms with Crippen LogP contribution in [0.3, 0.4) is 0 Å². The molecule has 7 nitrogen and oxygen atoms in total. The lowest BCUT2D eigenvalue weighted by molar-refractivity contribution is -0.385. The van der Waals surface area contributed by atoms with Crippen molar-refractivity contribution in [3.05, 3.63) is 57.5 Å². The molecule has 2 aromatic rings. The fourth-order valence-corrected chi connectivity index (χ4v) is 2.81. The second-order valence-electron chi connectivity index (χ2n) is 3.81. The number of hydrogen-bond donors (Lipinski definition) is 1. The number of sulfonamides is 1. The zero-order valence-electron chi connectivity index (χ0n) is 10.2. The quantitative estimate of drug-likeness (QED) is 0.685. The number of benzene rings is 1. The van der Waals surface area contributed by atoms with Crippen LogP contribution in [0, 0.1) is 15.9 Å². The number of nitro groups is 1. The van der Waals surface area contributed by atoms with E-state index in [0.29, 0.717) is 12.1 Å². The molecule has 0 saturated heterocycles. The van der Waals surface area contributed by atoms with Gasteiger partial charge in [-0.25, -0.2) is 17.8 Å². The molecule has 0 atom stereocenters. The molecule has 0 aliphatic rings. The predicted molar refractivity (Wildman–Crippen MR) is 73.1 cm³/mol. The SMILES string of the molecule is O=[N+]([O-])c1ccc(F)c(S(=O)(=O)Nc2ncccc2Cl)c1. The standard InChI is InChI=1S/C11H7ClFN3O4S/c12-8-2-1-5-14-11(8)15-21(19,20)10-6-7(16(17)18)3-4-9(10)13/h1-6H,(H,14,15). The summed E-state index contributed by atoms with van der Waals surface area (Å²) >= 11 is 5.75. The molecular formula is C11H7ClFN3O4S. The number of non-ortho nitro benzene ring substituents is 1. The Hall–Kier alpha value is -2.26. The van der Waals surface area contributed by atoms with E-state index in [4.69, 9.17) is 11.6 Å². The third-order valence-corrected chi connectivity index (χ3v) is 4.06. The number of pyridine rings is 1. The van der Waals surface area contributed by atoms with Crippen molar-refractivity contribution in [2.75, 3.05) is 4.72 Å². The first-order valence-electron chi connectivity index (χ1n) is 5.38. The maximum Gasteiger partial charge on any atom is 0.271 e. The van der Waals surface area contributed by atoms with Gasteiger partial charge in [0, 0.05) is 18.3 Å². The topological polar surface area (TPSA) is 102 Å². The van der Waals surface area contributed by atoms with Crippen LogP contribution in [-0.4, -0.2) is 18.3 Å². The summed E-state index contributed by atoms with van der Waals surface area (Å²) in [4.78, 5) is 12.6. The molecule has 0 saturated carbocycles. The third kappa shape index (κ3) is 3.26. The number of rotatable bonds is 4. The summed E-state index contributed by atoms with van der Waals surface area (Å²) in [5.41, 5.74) is -0.552. The molecule has 1 heterocycles. The lowest BCUT2D eigenvalue weighted by atomic mass is 10.3. The monoisotopic (exact) mass is 331 g/mol. The molecule has 1 N–H and O–H groups in total. The van der Waals surface area contributed by atoms with Crippen LogP contribution in [0.4, 0.5) is 15.9 Å². The van der Waals surface area contributed by atoms with E-state index in [2.05, 4.69) is 4.98 Å². The molecule has 0 radical (unpaired) electrons. The smallest absolute Gasteiger partial charge is 0.262 e. The molecule has 2 rings (SSSR count). The van der Waals surface area contributed by atoms with E-state index in [1.54, 1.807) is 0 Å². The molecule has 0 amide bonds. The summed E-state index contributed by atoms with van der Waals surface area (Å²) < 4.78 is 39.8. The van der Waals surface area contributed by atoms with Crippen LogP contribution in [0.2, 0.25) is 5.02 Å². The lowest BCUT2D eigenvalue weighted by Gasteiger charge is -2.09. The van der Waals surface area contributed by atoms with Crippen LogP contribution in [0.15, 0.2) is 41.4 Å². The van der Waals surface area contributed by atoms with Gasteiger partial charge in [-0.2, -0.15) is 0 Å². The summed E-state index contributed by atoms with van der Waals surface area (Å²) in [6.45, 7) is 0.